The van der Waals surface area contributed by atoms with Gasteiger partial charge in [-0.15, -0.1) is 0 Å². The number of hydrogen-bond acceptors (Lipinski definition) is 6. The lowest BCUT2D eigenvalue weighted by Crippen LogP contribution is -2.13. The predicted octanol–water partition coefficient (Wildman–Crippen LogP) is 2.33. The lowest BCUT2D eigenvalue weighted by Gasteiger charge is -2.07. The summed E-state index contributed by atoms with van der Waals surface area (Å²) in [6.45, 7) is 3.13. The normalized spacial score (nSPS) is 10.1. The van der Waals surface area contributed by atoms with Crippen molar-refractivity contribution < 1.29 is 23.9 Å². The van der Waals surface area contributed by atoms with Crippen LogP contribution < -0.4 is 4.74 Å². The Bertz CT molecular complexity index is 445. The molecule has 0 fully saturated rings. The van der Waals surface area contributed by atoms with Gasteiger partial charge in [-0.3, -0.25) is 14.9 Å². The number of non-ortho nitro benzene ring substituents is 1. The van der Waals surface area contributed by atoms with Gasteiger partial charge < -0.3 is 14.2 Å². The molecule has 1 rings (SSSR count). The Kier molecular flexibility index (Phi) is 7.81. The van der Waals surface area contributed by atoms with Crippen LogP contribution in [0.4, 0.5) is 5.69 Å². The highest BCUT2D eigenvalue weighted by molar-refractivity contribution is 5.69. The first-order valence-electron chi connectivity index (χ1n) is 6.74. The van der Waals surface area contributed by atoms with Crippen LogP contribution >= 0.6 is 0 Å². The zero-order valence-corrected chi connectivity index (χ0v) is 11.9. The second-order valence-electron chi connectivity index (χ2n) is 4.18. The summed E-state index contributed by atoms with van der Waals surface area (Å²) in [4.78, 5) is 21.0. The van der Waals surface area contributed by atoms with E-state index in [-0.39, 0.29) is 18.3 Å². The first-order valence-corrected chi connectivity index (χ1v) is 6.74. The minimum Gasteiger partial charge on any atom is -0.491 e. The van der Waals surface area contributed by atoms with Crippen LogP contribution in [0.5, 0.6) is 5.75 Å². The van der Waals surface area contributed by atoms with E-state index in [1.165, 1.54) is 24.3 Å². The van der Waals surface area contributed by atoms with Gasteiger partial charge >= 0.3 is 5.97 Å². The van der Waals surface area contributed by atoms with E-state index in [2.05, 4.69) is 0 Å². The Labute approximate surface area is 123 Å². The monoisotopic (exact) mass is 297 g/mol. The molecule has 116 valence electrons. The molecule has 0 radical (unpaired) electrons. The molecular formula is C14H19NO6. The molecule has 0 saturated heterocycles. The number of hydrogen-bond donors (Lipinski definition) is 0. The summed E-state index contributed by atoms with van der Waals surface area (Å²) >= 11 is 0. The highest BCUT2D eigenvalue weighted by atomic mass is 16.6. The molecule has 0 bridgehead atoms. The fraction of sp³-hybridized carbons (Fsp3) is 0.500. The van der Waals surface area contributed by atoms with Crippen molar-refractivity contribution in [3.05, 3.63) is 34.4 Å². The van der Waals surface area contributed by atoms with E-state index < -0.39 is 4.92 Å². The maximum Gasteiger partial charge on any atom is 0.305 e. The summed E-state index contributed by atoms with van der Waals surface area (Å²) in [6.07, 6.45) is 1.19. The number of rotatable bonds is 10. The zero-order valence-electron chi connectivity index (χ0n) is 11.9. The minimum absolute atomic E-state index is 0.0208. The molecule has 0 aliphatic carbocycles. The first kappa shape index (κ1) is 16.9. The maximum atomic E-state index is 11.0. The molecule has 0 unspecified atom stereocenters. The Morgan fingerprint density at radius 2 is 1.81 bits per heavy atom. The third kappa shape index (κ3) is 7.26. The summed E-state index contributed by atoms with van der Waals surface area (Å²) < 4.78 is 15.5. The Morgan fingerprint density at radius 3 is 2.43 bits per heavy atom. The van der Waals surface area contributed by atoms with Gasteiger partial charge in [-0.2, -0.15) is 0 Å². The Morgan fingerprint density at radius 1 is 1.14 bits per heavy atom. The van der Waals surface area contributed by atoms with Gasteiger partial charge in [0.25, 0.3) is 5.69 Å². The molecule has 1 aromatic rings. The van der Waals surface area contributed by atoms with E-state index in [1.54, 1.807) is 0 Å². The summed E-state index contributed by atoms with van der Waals surface area (Å²) in [5, 5.41) is 10.5. The second kappa shape index (κ2) is 9.71. The number of carbonyl (C=O) groups excluding carboxylic acids is 1. The molecule has 7 heteroatoms. The molecule has 0 spiro atoms. The van der Waals surface area contributed by atoms with Gasteiger partial charge in [0, 0.05) is 18.6 Å². The van der Waals surface area contributed by atoms with Gasteiger partial charge in [0.05, 0.1) is 18.1 Å². The zero-order chi connectivity index (χ0) is 15.5. The Balaban J connectivity index is 2.06. The van der Waals surface area contributed by atoms with Gasteiger partial charge in [0.1, 0.15) is 19.0 Å². The van der Waals surface area contributed by atoms with Crippen molar-refractivity contribution in [1.82, 2.24) is 0 Å². The van der Waals surface area contributed by atoms with Crippen LogP contribution in [0.1, 0.15) is 19.8 Å². The van der Waals surface area contributed by atoms with Crippen molar-refractivity contribution in [3.8, 4) is 5.75 Å². The fourth-order valence-corrected chi connectivity index (χ4v) is 1.48. The largest absolute Gasteiger partial charge is 0.491 e. The maximum absolute atomic E-state index is 11.0. The number of ether oxygens (including phenoxy) is 3. The van der Waals surface area contributed by atoms with Crippen LogP contribution in [0.3, 0.4) is 0 Å². The van der Waals surface area contributed by atoms with E-state index in [0.29, 0.717) is 32.0 Å². The van der Waals surface area contributed by atoms with Crippen LogP contribution in [0.2, 0.25) is 0 Å². The highest BCUT2D eigenvalue weighted by Crippen LogP contribution is 2.16. The average Bonchev–Trinajstić information content (AvgIpc) is 2.47. The van der Waals surface area contributed by atoms with E-state index in [1.807, 2.05) is 6.92 Å². The SMILES string of the molecule is CCCC(=O)OCCOCCOc1ccc([N+](=O)[O-])cc1. The summed E-state index contributed by atoms with van der Waals surface area (Å²) in [5.41, 5.74) is 0.0208. The number of nitro benzene ring substituents is 1. The van der Waals surface area contributed by atoms with E-state index in [9.17, 15) is 14.9 Å². The van der Waals surface area contributed by atoms with Crippen molar-refractivity contribution in [2.75, 3.05) is 26.4 Å². The summed E-state index contributed by atoms with van der Waals surface area (Å²) in [5.74, 6) is 0.321. The number of esters is 1. The number of nitrogens with zero attached hydrogens (tertiary/aromatic N) is 1. The van der Waals surface area contributed by atoms with Gasteiger partial charge in [-0.05, 0) is 18.6 Å². The molecule has 21 heavy (non-hydrogen) atoms. The summed E-state index contributed by atoms with van der Waals surface area (Å²) in [7, 11) is 0. The summed E-state index contributed by atoms with van der Waals surface area (Å²) in [6, 6.07) is 5.82. The molecule has 7 nitrogen and oxygen atoms in total. The molecule has 0 aliphatic heterocycles. The van der Waals surface area contributed by atoms with Gasteiger partial charge in [-0.25, -0.2) is 0 Å². The molecule has 0 N–H and O–H groups in total. The van der Waals surface area contributed by atoms with Crippen LogP contribution in [-0.2, 0) is 14.3 Å². The standard InChI is InChI=1S/C14H19NO6/c1-2-3-14(16)21-11-9-19-8-10-20-13-6-4-12(5-7-13)15(17)18/h4-7H,2-3,8-11H2,1H3. The van der Waals surface area contributed by atoms with E-state index in [4.69, 9.17) is 14.2 Å². The van der Waals surface area contributed by atoms with Crippen LogP contribution in [-0.4, -0.2) is 37.3 Å². The van der Waals surface area contributed by atoms with Crippen molar-refractivity contribution in [2.24, 2.45) is 0 Å². The van der Waals surface area contributed by atoms with E-state index >= 15 is 0 Å². The Hall–Kier alpha value is -2.15. The predicted molar refractivity (Wildman–Crippen MR) is 75.3 cm³/mol. The van der Waals surface area contributed by atoms with Crippen molar-refractivity contribution in [3.63, 3.8) is 0 Å². The van der Waals surface area contributed by atoms with Crippen LogP contribution in [0, 0.1) is 10.1 Å². The highest BCUT2D eigenvalue weighted by Gasteiger charge is 2.04. The fourth-order valence-electron chi connectivity index (χ4n) is 1.48. The number of benzene rings is 1. The second-order valence-corrected chi connectivity index (χ2v) is 4.18. The van der Waals surface area contributed by atoms with Crippen LogP contribution in [0.15, 0.2) is 24.3 Å². The lowest BCUT2D eigenvalue weighted by atomic mass is 10.3. The smallest absolute Gasteiger partial charge is 0.305 e. The third-order valence-corrected chi connectivity index (χ3v) is 2.49. The van der Waals surface area contributed by atoms with Gasteiger partial charge in [-0.1, -0.05) is 6.92 Å². The molecule has 0 aliphatic rings. The van der Waals surface area contributed by atoms with Crippen molar-refractivity contribution in [1.29, 1.82) is 0 Å². The molecule has 0 atom stereocenters. The van der Waals surface area contributed by atoms with Crippen molar-refractivity contribution >= 4 is 11.7 Å². The average molecular weight is 297 g/mol. The number of nitro groups is 1. The molecule has 0 saturated carbocycles. The quantitative estimate of drug-likeness (QED) is 0.285. The molecule has 0 heterocycles. The minimum atomic E-state index is -0.466. The number of carbonyl (C=O) groups is 1. The first-order chi connectivity index (χ1) is 10.1. The van der Waals surface area contributed by atoms with Crippen molar-refractivity contribution in [2.45, 2.75) is 19.8 Å². The molecule has 0 aromatic heterocycles. The topological polar surface area (TPSA) is 87.9 Å². The molecule has 0 amide bonds. The molecule has 1 aromatic carbocycles. The lowest BCUT2D eigenvalue weighted by molar-refractivity contribution is -0.384. The van der Waals surface area contributed by atoms with Crippen LogP contribution in [0.25, 0.3) is 0 Å². The van der Waals surface area contributed by atoms with Gasteiger partial charge in [0.15, 0.2) is 0 Å². The molecular weight excluding hydrogens is 278 g/mol. The van der Waals surface area contributed by atoms with E-state index in [0.717, 1.165) is 6.42 Å². The third-order valence-electron chi connectivity index (χ3n) is 2.49. The van der Waals surface area contributed by atoms with Gasteiger partial charge in [0.2, 0.25) is 0 Å².